The first-order chi connectivity index (χ1) is 8.81. The Bertz CT molecular complexity index is 223. The van der Waals surface area contributed by atoms with Gasteiger partial charge in [0.25, 0.3) is 0 Å². The van der Waals surface area contributed by atoms with Crippen LogP contribution in [0.15, 0.2) is 0 Å². The largest absolute Gasteiger partial charge is 0.313 e. The lowest BCUT2D eigenvalue weighted by molar-refractivity contribution is 0.126. The van der Waals surface area contributed by atoms with Crippen molar-refractivity contribution in [1.29, 1.82) is 0 Å². The molecular formula is C16H32N2. The summed E-state index contributed by atoms with van der Waals surface area (Å²) in [7, 11) is 0. The molecule has 1 aliphatic carbocycles. The molecule has 0 spiro atoms. The first kappa shape index (κ1) is 14.3. The van der Waals surface area contributed by atoms with Crippen LogP contribution in [0.4, 0.5) is 0 Å². The third-order valence-corrected chi connectivity index (χ3v) is 5.06. The van der Waals surface area contributed by atoms with E-state index in [2.05, 4.69) is 24.1 Å². The van der Waals surface area contributed by atoms with E-state index in [0.717, 1.165) is 18.0 Å². The van der Waals surface area contributed by atoms with Crippen LogP contribution >= 0.6 is 0 Å². The molecular weight excluding hydrogens is 220 g/mol. The van der Waals surface area contributed by atoms with Gasteiger partial charge in [-0.05, 0) is 51.6 Å². The maximum atomic E-state index is 3.73. The molecule has 1 N–H and O–H groups in total. The summed E-state index contributed by atoms with van der Waals surface area (Å²) < 4.78 is 0. The molecule has 106 valence electrons. The van der Waals surface area contributed by atoms with Gasteiger partial charge in [0.1, 0.15) is 0 Å². The van der Waals surface area contributed by atoms with Crippen molar-refractivity contribution in [3.8, 4) is 0 Å². The molecule has 2 rings (SSSR count). The highest BCUT2D eigenvalue weighted by molar-refractivity contribution is 4.84. The monoisotopic (exact) mass is 252 g/mol. The molecule has 2 heteroatoms. The molecule has 2 fully saturated rings. The second-order valence-corrected chi connectivity index (χ2v) is 6.43. The molecule has 1 heterocycles. The molecule has 2 nitrogen and oxygen atoms in total. The number of hydrogen-bond acceptors (Lipinski definition) is 2. The topological polar surface area (TPSA) is 15.3 Å². The van der Waals surface area contributed by atoms with Crippen molar-refractivity contribution in [2.24, 2.45) is 5.92 Å². The van der Waals surface area contributed by atoms with Gasteiger partial charge in [0.05, 0.1) is 0 Å². The Morgan fingerprint density at radius 1 is 1.17 bits per heavy atom. The molecule has 1 aliphatic heterocycles. The van der Waals surface area contributed by atoms with Crippen molar-refractivity contribution in [3.63, 3.8) is 0 Å². The third-order valence-electron chi connectivity index (χ3n) is 5.06. The summed E-state index contributed by atoms with van der Waals surface area (Å²) in [6.45, 7) is 8.61. The average Bonchev–Trinajstić information content (AvgIpc) is 2.65. The zero-order chi connectivity index (χ0) is 12.8. The van der Waals surface area contributed by atoms with E-state index < -0.39 is 0 Å². The first-order valence-electron chi connectivity index (χ1n) is 8.28. The van der Waals surface area contributed by atoms with Gasteiger partial charge in [0.15, 0.2) is 0 Å². The zero-order valence-corrected chi connectivity index (χ0v) is 12.5. The highest BCUT2D eigenvalue weighted by Gasteiger charge is 2.27. The van der Waals surface area contributed by atoms with Gasteiger partial charge in [0.2, 0.25) is 0 Å². The molecule has 18 heavy (non-hydrogen) atoms. The highest BCUT2D eigenvalue weighted by atomic mass is 15.2. The average molecular weight is 252 g/mol. The minimum Gasteiger partial charge on any atom is -0.313 e. The summed E-state index contributed by atoms with van der Waals surface area (Å²) in [5, 5.41) is 3.73. The van der Waals surface area contributed by atoms with Crippen molar-refractivity contribution < 1.29 is 0 Å². The van der Waals surface area contributed by atoms with E-state index in [0.29, 0.717) is 0 Å². The van der Waals surface area contributed by atoms with Crippen LogP contribution in [0.25, 0.3) is 0 Å². The normalized spacial score (nSPS) is 30.0. The Kier molecular flexibility index (Phi) is 5.97. The van der Waals surface area contributed by atoms with Gasteiger partial charge >= 0.3 is 0 Å². The van der Waals surface area contributed by atoms with Gasteiger partial charge in [-0.25, -0.2) is 0 Å². The zero-order valence-electron chi connectivity index (χ0n) is 12.5. The Morgan fingerprint density at radius 2 is 1.94 bits per heavy atom. The lowest BCUT2D eigenvalue weighted by Gasteiger charge is -2.37. The Labute approximate surface area is 114 Å². The van der Waals surface area contributed by atoms with Gasteiger partial charge in [0, 0.05) is 18.6 Å². The molecule has 1 saturated heterocycles. The number of nitrogens with one attached hydrogen (secondary N) is 1. The van der Waals surface area contributed by atoms with E-state index in [9.17, 15) is 0 Å². The van der Waals surface area contributed by atoms with Crippen molar-refractivity contribution in [2.45, 2.75) is 77.3 Å². The van der Waals surface area contributed by atoms with E-state index in [1.165, 1.54) is 71.0 Å². The van der Waals surface area contributed by atoms with Gasteiger partial charge < -0.3 is 5.32 Å². The first-order valence-corrected chi connectivity index (χ1v) is 8.28. The minimum absolute atomic E-state index is 0.739. The second-order valence-electron chi connectivity index (χ2n) is 6.43. The second kappa shape index (κ2) is 7.49. The van der Waals surface area contributed by atoms with E-state index in [-0.39, 0.29) is 0 Å². The van der Waals surface area contributed by atoms with Crippen molar-refractivity contribution in [3.05, 3.63) is 0 Å². The molecule has 0 aromatic rings. The van der Waals surface area contributed by atoms with Crippen molar-refractivity contribution in [1.82, 2.24) is 10.2 Å². The fraction of sp³-hybridized carbons (Fsp3) is 1.00. The molecule has 2 atom stereocenters. The maximum Gasteiger partial charge on any atom is 0.0195 e. The molecule has 0 aromatic heterocycles. The van der Waals surface area contributed by atoms with E-state index in [4.69, 9.17) is 0 Å². The van der Waals surface area contributed by atoms with Gasteiger partial charge in [-0.3, -0.25) is 4.90 Å². The maximum absolute atomic E-state index is 3.73. The predicted octanol–water partition coefficient (Wildman–Crippen LogP) is 3.42. The number of hydrogen-bond donors (Lipinski definition) is 1. The summed E-state index contributed by atoms with van der Waals surface area (Å²) >= 11 is 0. The van der Waals surface area contributed by atoms with Crippen LogP contribution in [0.2, 0.25) is 0 Å². The fourth-order valence-electron chi connectivity index (χ4n) is 3.85. The summed E-state index contributed by atoms with van der Waals surface area (Å²) in [4.78, 5) is 2.79. The van der Waals surface area contributed by atoms with E-state index in [1.807, 2.05) is 0 Å². The number of rotatable bonds is 4. The van der Waals surface area contributed by atoms with Crippen molar-refractivity contribution in [2.75, 3.05) is 19.6 Å². The summed E-state index contributed by atoms with van der Waals surface area (Å²) in [5.41, 5.74) is 0. The fourth-order valence-corrected chi connectivity index (χ4v) is 3.85. The summed E-state index contributed by atoms with van der Waals surface area (Å²) in [5.74, 6) is 0.971. The van der Waals surface area contributed by atoms with Crippen molar-refractivity contribution >= 4 is 0 Å². The van der Waals surface area contributed by atoms with Gasteiger partial charge in [-0.15, -0.1) is 0 Å². The summed E-state index contributed by atoms with van der Waals surface area (Å²) in [6, 6.07) is 1.55. The third kappa shape index (κ3) is 3.96. The molecule has 0 amide bonds. The van der Waals surface area contributed by atoms with Crippen LogP contribution < -0.4 is 5.32 Å². The quantitative estimate of drug-likeness (QED) is 0.825. The highest BCUT2D eigenvalue weighted by Crippen LogP contribution is 2.29. The molecule has 0 bridgehead atoms. The molecule has 0 radical (unpaired) electrons. The smallest absolute Gasteiger partial charge is 0.0195 e. The molecule has 2 unspecified atom stereocenters. The number of nitrogens with zero attached hydrogens (tertiary/aromatic N) is 1. The van der Waals surface area contributed by atoms with Crippen LogP contribution in [0, 0.1) is 5.92 Å². The lowest BCUT2D eigenvalue weighted by atomic mass is 9.84. The Morgan fingerprint density at radius 3 is 2.67 bits per heavy atom. The Hall–Kier alpha value is -0.0800. The molecule has 1 saturated carbocycles. The predicted molar refractivity (Wildman–Crippen MR) is 78.9 cm³/mol. The minimum atomic E-state index is 0.739. The van der Waals surface area contributed by atoms with Crippen LogP contribution in [-0.2, 0) is 0 Å². The van der Waals surface area contributed by atoms with Gasteiger partial charge in [-0.1, -0.05) is 32.6 Å². The van der Waals surface area contributed by atoms with Crippen LogP contribution in [0.5, 0.6) is 0 Å². The van der Waals surface area contributed by atoms with Crippen LogP contribution in [0.3, 0.4) is 0 Å². The lowest BCUT2D eigenvalue weighted by Crippen LogP contribution is -2.44. The van der Waals surface area contributed by atoms with Crippen LogP contribution in [-0.4, -0.2) is 36.6 Å². The summed E-state index contributed by atoms with van der Waals surface area (Å²) in [6.07, 6.45) is 11.4. The Balaban J connectivity index is 1.88. The SMILES string of the molecule is CCCC1CN(C(C)C2CCCCC2)CCCN1. The standard InChI is InChI=1S/C16H32N2/c1-3-8-16-13-18(12-7-11-17-16)14(2)15-9-5-4-6-10-15/h14-17H,3-13H2,1-2H3. The van der Waals surface area contributed by atoms with E-state index in [1.54, 1.807) is 0 Å². The molecule has 0 aromatic carbocycles. The van der Waals surface area contributed by atoms with Crippen LogP contribution in [0.1, 0.15) is 65.2 Å². The van der Waals surface area contributed by atoms with Gasteiger partial charge in [-0.2, -0.15) is 0 Å². The molecule has 2 aliphatic rings. The van der Waals surface area contributed by atoms with E-state index >= 15 is 0 Å².